The molecule has 11 heteroatoms. The molecule has 0 atom stereocenters. The maximum atomic E-state index is 11.0. The summed E-state index contributed by atoms with van der Waals surface area (Å²) in [4.78, 5) is 4.79. The topological polar surface area (TPSA) is 121 Å². The average molecular weight is 478 g/mol. The van der Waals surface area contributed by atoms with Gasteiger partial charge in [0.25, 0.3) is 0 Å². The van der Waals surface area contributed by atoms with Crippen LogP contribution in [0.15, 0.2) is 53.9 Å². The minimum absolute atomic E-state index is 0.0985. The molecule has 3 rings (SSSR count). The van der Waals surface area contributed by atoms with E-state index in [2.05, 4.69) is 22.2 Å². The first-order valence-corrected chi connectivity index (χ1v) is 11.9. The Labute approximate surface area is 190 Å². The second-order valence-electron chi connectivity index (χ2n) is 7.38. The molecular weight excluding hydrogens is 458 g/mol. The van der Waals surface area contributed by atoms with Gasteiger partial charge < -0.3 is 0 Å². The fourth-order valence-corrected chi connectivity index (χ4v) is 4.51. The number of nitrogens with zero attached hydrogens (tertiary/aromatic N) is 4. The fourth-order valence-electron chi connectivity index (χ4n) is 2.84. The molecule has 0 saturated carbocycles. The van der Waals surface area contributed by atoms with Crippen molar-refractivity contribution >= 4 is 39.4 Å². The molecule has 1 heterocycles. The van der Waals surface area contributed by atoms with Crippen molar-refractivity contribution < 1.29 is 13.0 Å². The highest BCUT2D eigenvalue weighted by Crippen LogP contribution is 2.32. The normalized spacial score (nSPS) is 11.8. The average Bonchev–Trinajstić information content (AvgIpc) is 3.20. The lowest BCUT2D eigenvalue weighted by Gasteiger charge is -2.19. The third kappa shape index (κ3) is 6.45. The molecule has 0 fully saturated rings. The Morgan fingerprint density at radius 2 is 2.00 bits per heavy atom. The number of anilines is 1. The smallest absolute Gasteiger partial charge is 0.269 e. The van der Waals surface area contributed by atoms with Crippen molar-refractivity contribution in [1.82, 2.24) is 14.8 Å². The third-order valence-corrected chi connectivity index (χ3v) is 6.31. The number of benzene rings is 2. The van der Waals surface area contributed by atoms with Crippen molar-refractivity contribution in [2.45, 2.75) is 36.5 Å². The fraction of sp³-hybridized carbons (Fsp3) is 0.250. The molecule has 0 aliphatic carbocycles. The van der Waals surface area contributed by atoms with E-state index in [0.717, 1.165) is 21.6 Å². The zero-order chi connectivity index (χ0) is 22.6. The standard InChI is InChI=1S/C20H20ClN5O3S2/c1-20(2,11-22)16-6-14(9-26-13-23-12-24-26)5-15(7-16)10-30-17-3-4-19(18(21)8-17)25-31(27,28)29/h3-8,12-13,25H,9-10H2,1-2H3,(H,27,28,29). The Morgan fingerprint density at radius 3 is 2.61 bits per heavy atom. The van der Waals surface area contributed by atoms with E-state index in [1.165, 1.54) is 24.2 Å². The van der Waals surface area contributed by atoms with Gasteiger partial charge in [0.1, 0.15) is 12.7 Å². The molecule has 3 aromatic rings. The van der Waals surface area contributed by atoms with Crippen LogP contribution in [-0.2, 0) is 28.0 Å². The van der Waals surface area contributed by atoms with Crippen LogP contribution < -0.4 is 4.72 Å². The van der Waals surface area contributed by atoms with Crippen LogP contribution in [0, 0.1) is 11.3 Å². The van der Waals surface area contributed by atoms with Crippen molar-refractivity contribution in [3.05, 3.63) is 70.8 Å². The zero-order valence-electron chi connectivity index (χ0n) is 16.8. The molecule has 0 bridgehead atoms. The quantitative estimate of drug-likeness (QED) is 0.366. The molecule has 0 amide bonds. The van der Waals surface area contributed by atoms with Crippen molar-refractivity contribution in [3.8, 4) is 6.07 Å². The van der Waals surface area contributed by atoms with Gasteiger partial charge in [-0.1, -0.05) is 29.8 Å². The molecule has 0 spiro atoms. The molecular formula is C20H20ClN5O3S2. The van der Waals surface area contributed by atoms with Gasteiger partial charge in [0.05, 0.1) is 28.7 Å². The number of thioether (sulfide) groups is 1. The van der Waals surface area contributed by atoms with E-state index in [4.69, 9.17) is 16.2 Å². The number of aromatic nitrogens is 3. The monoisotopic (exact) mass is 477 g/mol. The summed E-state index contributed by atoms with van der Waals surface area (Å²) >= 11 is 7.64. The van der Waals surface area contributed by atoms with Crippen LogP contribution in [-0.4, -0.2) is 27.7 Å². The van der Waals surface area contributed by atoms with Crippen LogP contribution in [0.1, 0.15) is 30.5 Å². The lowest BCUT2D eigenvalue weighted by molar-refractivity contribution is 0.489. The highest BCUT2D eigenvalue weighted by atomic mass is 35.5. The number of nitrogens with one attached hydrogen (secondary N) is 1. The van der Waals surface area contributed by atoms with Crippen molar-refractivity contribution in [1.29, 1.82) is 5.26 Å². The van der Waals surface area contributed by atoms with Crippen LogP contribution >= 0.6 is 23.4 Å². The minimum Gasteiger partial charge on any atom is -0.269 e. The van der Waals surface area contributed by atoms with Crippen LogP contribution in [0.5, 0.6) is 0 Å². The summed E-state index contributed by atoms with van der Waals surface area (Å²) < 4.78 is 34.5. The summed E-state index contributed by atoms with van der Waals surface area (Å²) in [7, 11) is -4.39. The largest absolute Gasteiger partial charge is 0.357 e. The van der Waals surface area contributed by atoms with E-state index < -0.39 is 15.7 Å². The van der Waals surface area contributed by atoms with Gasteiger partial charge in [-0.2, -0.15) is 18.8 Å². The first kappa shape index (κ1) is 23.1. The second-order valence-corrected chi connectivity index (χ2v) is 9.99. The Hall–Kier alpha value is -2.58. The lowest BCUT2D eigenvalue weighted by atomic mass is 9.84. The van der Waals surface area contributed by atoms with Gasteiger partial charge in [-0.05, 0) is 48.7 Å². The number of nitriles is 1. The molecule has 0 radical (unpaired) electrons. The zero-order valence-corrected chi connectivity index (χ0v) is 19.2. The summed E-state index contributed by atoms with van der Waals surface area (Å²) in [5.41, 5.74) is 2.39. The van der Waals surface area contributed by atoms with E-state index in [1.54, 1.807) is 23.1 Å². The first-order chi connectivity index (χ1) is 14.6. The Balaban J connectivity index is 1.82. The van der Waals surface area contributed by atoms with Gasteiger partial charge in [-0.25, -0.2) is 9.67 Å². The predicted molar refractivity (Wildman–Crippen MR) is 120 cm³/mol. The Morgan fingerprint density at radius 1 is 1.26 bits per heavy atom. The molecule has 8 nitrogen and oxygen atoms in total. The molecule has 0 aliphatic rings. The van der Waals surface area contributed by atoms with Gasteiger partial charge in [0.15, 0.2) is 0 Å². The van der Waals surface area contributed by atoms with Gasteiger partial charge >= 0.3 is 10.3 Å². The molecule has 0 unspecified atom stereocenters. The van der Waals surface area contributed by atoms with Gasteiger partial charge in [0.2, 0.25) is 0 Å². The number of hydrogen-bond acceptors (Lipinski definition) is 6. The highest BCUT2D eigenvalue weighted by Gasteiger charge is 2.21. The van der Waals surface area contributed by atoms with Gasteiger partial charge in [-0.15, -0.1) is 11.8 Å². The Bertz CT molecular complexity index is 1220. The van der Waals surface area contributed by atoms with E-state index in [0.29, 0.717) is 12.3 Å². The summed E-state index contributed by atoms with van der Waals surface area (Å²) in [5, 5.41) is 13.9. The summed E-state index contributed by atoms with van der Waals surface area (Å²) in [6.45, 7) is 4.28. The summed E-state index contributed by atoms with van der Waals surface area (Å²) in [5.74, 6) is 0.612. The second kappa shape index (κ2) is 9.28. The molecule has 31 heavy (non-hydrogen) atoms. The molecule has 2 N–H and O–H groups in total. The molecule has 1 aromatic heterocycles. The van der Waals surface area contributed by atoms with E-state index in [-0.39, 0.29) is 10.7 Å². The van der Waals surface area contributed by atoms with Crippen LogP contribution in [0.3, 0.4) is 0 Å². The van der Waals surface area contributed by atoms with E-state index in [1.807, 2.05) is 30.7 Å². The number of rotatable bonds is 8. The highest BCUT2D eigenvalue weighted by molar-refractivity contribution is 7.98. The summed E-state index contributed by atoms with van der Waals surface area (Å²) in [6.07, 6.45) is 3.12. The van der Waals surface area contributed by atoms with Gasteiger partial charge in [-0.3, -0.25) is 9.27 Å². The van der Waals surface area contributed by atoms with Crippen LogP contribution in [0.4, 0.5) is 5.69 Å². The SMILES string of the molecule is CC(C)(C#N)c1cc(CSc2ccc(NS(=O)(=O)O)c(Cl)c2)cc(Cn2cncn2)c1. The van der Waals surface area contributed by atoms with Crippen molar-refractivity contribution in [2.24, 2.45) is 0 Å². The lowest BCUT2D eigenvalue weighted by Crippen LogP contribution is -2.15. The molecule has 162 valence electrons. The van der Waals surface area contributed by atoms with Crippen LogP contribution in [0.25, 0.3) is 0 Å². The number of halogens is 1. The van der Waals surface area contributed by atoms with E-state index >= 15 is 0 Å². The predicted octanol–water partition coefficient (Wildman–Crippen LogP) is 4.29. The number of hydrogen-bond donors (Lipinski definition) is 2. The van der Waals surface area contributed by atoms with Gasteiger partial charge in [0, 0.05) is 10.6 Å². The first-order valence-electron chi connectivity index (χ1n) is 9.10. The minimum atomic E-state index is -4.39. The van der Waals surface area contributed by atoms with E-state index in [9.17, 15) is 13.7 Å². The maximum Gasteiger partial charge on any atom is 0.357 e. The molecule has 0 saturated heterocycles. The molecule has 2 aromatic carbocycles. The van der Waals surface area contributed by atoms with Crippen molar-refractivity contribution in [3.63, 3.8) is 0 Å². The van der Waals surface area contributed by atoms with Crippen LogP contribution in [0.2, 0.25) is 5.02 Å². The van der Waals surface area contributed by atoms with Crippen molar-refractivity contribution in [2.75, 3.05) is 4.72 Å². The summed E-state index contributed by atoms with van der Waals surface area (Å²) in [6, 6.07) is 13.2. The third-order valence-electron chi connectivity index (χ3n) is 4.45. The molecule has 0 aliphatic heterocycles. The maximum absolute atomic E-state index is 11.0. The Kier molecular flexibility index (Phi) is 6.91.